The lowest BCUT2D eigenvalue weighted by atomic mass is 10.1. The highest BCUT2D eigenvalue weighted by Gasteiger charge is 2.19. The molecule has 1 heterocycles. The molecule has 1 atom stereocenters. The van der Waals surface area contributed by atoms with E-state index < -0.39 is 16.1 Å². The summed E-state index contributed by atoms with van der Waals surface area (Å²) in [6.45, 7) is 0. The van der Waals surface area contributed by atoms with Gasteiger partial charge in [-0.3, -0.25) is 0 Å². The highest BCUT2D eigenvalue weighted by atomic mass is 32.2. The molecule has 8 nitrogen and oxygen atoms in total. The Hall–Kier alpha value is -2.66. The number of benzene rings is 2. The molecule has 3 rings (SSSR count). The van der Waals surface area contributed by atoms with Crippen molar-refractivity contribution in [2.75, 3.05) is 18.2 Å². The summed E-state index contributed by atoms with van der Waals surface area (Å²) in [4.78, 5) is 4.73. The number of ether oxygens (including phenoxy) is 1. The van der Waals surface area contributed by atoms with Gasteiger partial charge in [0.05, 0.1) is 16.9 Å². The van der Waals surface area contributed by atoms with E-state index in [-0.39, 0.29) is 10.7 Å². The number of aliphatic hydroxyl groups is 1. The van der Waals surface area contributed by atoms with Crippen LogP contribution >= 0.6 is 11.3 Å². The molecule has 1 aromatic heterocycles. The third-order valence-corrected chi connectivity index (χ3v) is 5.76. The van der Waals surface area contributed by atoms with Crippen LogP contribution < -0.4 is 20.9 Å². The predicted octanol–water partition coefficient (Wildman–Crippen LogP) is 2.21. The Morgan fingerprint density at radius 3 is 2.33 bits per heavy atom. The Labute approximate surface area is 160 Å². The lowest BCUT2D eigenvalue weighted by Crippen LogP contribution is -2.11. The van der Waals surface area contributed by atoms with E-state index in [2.05, 4.69) is 10.3 Å². The molecule has 0 aliphatic carbocycles. The number of methoxy groups -OCH3 is 1. The second-order valence-corrected chi connectivity index (χ2v) is 8.23. The fraction of sp³-hybridized carbons (Fsp3) is 0.118. The minimum absolute atomic E-state index is 0.0160. The number of primary sulfonamides is 1. The lowest BCUT2D eigenvalue weighted by Gasteiger charge is -2.10. The Morgan fingerprint density at radius 2 is 1.78 bits per heavy atom. The number of sulfonamides is 1. The van der Waals surface area contributed by atoms with E-state index in [1.807, 2.05) is 0 Å². The van der Waals surface area contributed by atoms with Gasteiger partial charge in [0, 0.05) is 5.69 Å². The molecule has 0 fully saturated rings. The number of aliphatic hydroxyl groups excluding tert-OH is 1. The quantitative estimate of drug-likeness (QED) is 0.492. The molecule has 3 aromatic rings. The zero-order valence-electron chi connectivity index (χ0n) is 14.3. The van der Waals surface area contributed by atoms with Crippen LogP contribution in [-0.2, 0) is 10.0 Å². The SMILES string of the molecule is COc1ccc(C(O)c2sc(Nc3ccc(S(N)(=O)=O)cc3)nc2N)cc1. The summed E-state index contributed by atoms with van der Waals surface area (Å²) >= 11 is 1.21. The second kappa shape index (κ2) is 7.53. The van der Waals surface area contributed by atoms with Crippen molar-refractivity contribution in [3.8, 4) is 5.75 Å². The predicted molar refractivity (Wildman–Crippen MR) is 105 cm³/mol. The third kappa shape index (κ3) is 4.37. The number of hydrogen-bond donors (Lipinski definition) is 4. The van der Waals surface area contributed by atoms with Gasteiger partial charge in [-0.2, -0.15) is 0 Å². The standard InChI is InChI=1S/C17H18N4O4S2/c1-25-12-6-2-10(3-7-12)14(22)15-16(18)21-17(26-15)20-11-4-8-13(9-5-11)27(19,23)24/h2-9,14,22H,18H2,1H3,(H,20,21)(H2,19,23,24). The van der Waals surface area contributed by atoms with E-state index in [1.54, 1.807) is 43.5 Å². The number of nitrogens with one attached hydrogen (secondary N) is 1. The molecule has 142 valence electrons. The van der Waals surface area contributed by atoms with Crippen LogP contribution in [0.15, 0.2) is 53.4 Å². The van der Waals surface area contributed by atoms with E-state index in [9.17, 15) is 13.5 Å². The average molecular weight is 406 g/mol. The topological polar surface area (TPSA) is 141 Å². The molecule has 27 heavy (non-hydrogen) atoms. The van der Waals surface area contributed by atoms with Gasteiger partial charge in [-0.1, -0.05) is 23.5 Å². The zero-order chi connectivity index (χ0) is 19.6. The number of anilines is 3. The first kappa shape index (κ1) is 19.1. The molecule has 0 aliphatic heterocycles. The number of thiazole rings is 1. The lowest BCUT2D eigenvalue weighted by molar-refractivity contribution is 0.224. The van der Waals surface area contributed by atoms with Crippen LogP contribution in [0.5, 0.6) is 5.75 Å². The second-order valence-electron chi connectivity index (χ2n) is 5.64. The van der Waals surface area contributed by atoms with Gasteiger partial charge in [-0.15, -0.1) is 0 Å². The van der Waals surface area contributed by atoms with E-state index in [4.69, 9.17) is 15.6 Å². The summed E-state index contributed by atoms with van der Waals surface area (Å²) in [5, 5.41) is 19.2. The Morgan fingerprint density at radius 1 is 1.15 bits per heavy atom. The number of nitrogens with two attached hydrogens (primary N) is 2. The fourth-order valence-corrected chi connectivity index (χ4v) is 3.82. The van der Waals surface area contributed by atoms with Crippen LogP contribution in [0.3, 0.4) is 0 Å². The van der Waals surface area contributed by atoms with Crippen molar-refractivity contribution in [3.63, 3.8) is 0 Å². The van der Waals surface area contributed by atoms with E-state index >= 15 is 0 Å². The largest absolute Gasteiger partial charge is 0.497 e. The molecule has 6 N–H and O–H groups in total. The van der Waals surface area contributed by atoms with Crippen LogP contribution in [0, 0.1) is 0 Å². The van der Waals surface area contributed by atoms with Crippen LogP contribution in [0.4, 0.5) is 16.6 Å². The zero-order valence-corrected chi connectivity index (χ0v) is 15.9. The number of rotatable bonds is 6. The average Bonchev–Trinajstić information content (AvgIpc) is 3.01. The number of nitrogens with zero attached hydrogens (tertiary/aromatic N) is 1. The summed E-state index contributed by atoms with van der Waals surface area (Å²) in [5.41, 5.74) is 7.22. The van der Waals surface area contributed by atoms with Gasteiger partial charge in [0.15, 0.2) is 5.13 Å². The number of nitrogen functional groups attached to an aromatic ring is 1. The molecule has 10 heteroatoms. The monoisotopic (exact) mass is 406 g/mol. The Bertz CT molecular complexity index is 1030. The van der Waals surface area contributed by atoms with Crippen molar-refractivity contribution in [2.24, 2.45) is 5.14 Å². The smallest absolute Gasteiger partial charge is 0.238 e. The maximum atomic E-state index is 11.3. The van der Waals surface area contributed by atoms with Crippen molar-refractivity contribution in [3.05, 3.63) is 59.0 Å². The summed E-state index contributed by atoms with van der Waals surface area (Å²) in [7, 11) is -2.18. The van der Waals surface area contributed by atoms with Crippen LogP contribution in [0.2, 0.25) is 0 Å². The van der Waals surface area contributed by atoms with E-state index in [0.29, 0.717) is 27.0 Å². The summed E-state index contributed by atoms with van der Waals surface area (Å²) in [6.07, 6.45) is -0.922. The molecular weight excluding hydrogens is 388 g/mol. The molecule has 1 unspecified atom stereocenters. The van der Waals surface area contributed by atoms with Crippen molar-refractivity contribution in [2.45, 2.75) is 11.0 Å². The van der Waals surface area contributed by atoms with Gasteiger partial charge in [0.1, 0.15) is 17.7 Å². The van der Waals surface area contributed by atoms with Crippen LogP contribution in [0.1, 0.15) is 16.5 Å². The Kier molecular flexibility index (Phi) is 5.33. The molecule has 0 aliphatic rings. The highest BCUT2D eigenvalue weighted by molar-refractivity contribution is 7.89. The molecule has 0 bridgehead atoms. The molecule has 0 saturated carbocycles. The third-order valence-electron chi connectivity index (χ3n) is 3.80. The first-order valence-corrected chi connectivity index (χ1v) is 10.1. The first-order valence-electron chi connectivity index (χ1n) is 7.76. The fourth-order valence-electron chi connectivity index (χ4n) is 2.38. The van der Waals surface area contributed by atoms with Gasteiger partial charge >= 0.3 is 0 Å². The van der Waals surface area contributed by atoms with Gasteiger partial charge in [-0.25, -0.2) is 18.5 Å². The molecule has 0 spiro atoms. The normalized spacial score (nSPS) is 12.6. The first-order chi connectivity index (χ1) is 12.8. The van der Waals surface area contributed by atoms with Crippen LogP contribution in [-0.4, -0.2) is 25.6 Å². The maximum Gasteiger partial charge on any atom is 0.238 e. The summed E-state index contributed by atoms with van der Waals surface area (Å²) in [5.74, 6) is 0.903. The highest BCUT2D eigenvalue weighted by Crippen LogP contribution is 2.36. The number of hydrogen-bond acceptors (Lipinski definition) is 8. The summed E-state index contributed by atoms with van der Waals surface area (Å²) < 4.78 is 27.7. The van der Waals surface area contributed by atoms with Crippen LogP contribution in [0.25, 0.3) is 0 Å². The van der Waals surface area contributed by atoms with Crippen molar-refractivity contribution in [1.82, 2.24) is 4.98 Å². The molecule has 2 aromatic carbocycles. The molecular formula is C17H18N4O4S2. The number of aromatic nitrogens is 1. The van der Waals surface area contributed by atoms with Gasteiger partial charge in [0.25, 0.3) is 0 Å². The van der Waals surface area contributed by atoms with Crippen molar-refractivity contribution in [1.29, 1.82) is 0 Å². The molecule has 0 amide bonds. The minimum atomic E-state index is -3.74. The van der Waals surface area contributed by atoms with Crippen molar-refractivity contribution >= 4 is 38.0 Å². The minimum Gasteiger partial charge on any atom is -0.497 e. The van der Waals surface area contributed by atoms with E-state index in [0.717, 1.165) is 0 Å². The Balaban J connectivity index is 1.79. The molecule has 0 saturated heterocycles. The maximum absolute atomic E-state index is 11.3. The van der Waals surface area contributed by atoms with Gasteiger partial charge in [0.2, 0.25) is 10.0 Å². The molecule has 0 radical (unpaired) electrons. The van der Waals surface area contributed by atoms with Crippen molar-refractivity contribution < 1.29 is 18.3 Å². The van der Waals surface area contributed by atoms with Gasteiger partial charge in [-0.05, 0) is 42.0 Å². The summed E-state index contributed by atoms with van der Waals surface area (Å²) in [6, 6.07) is 12.9. The van der Waals surface area contributed by atoms with E-state index in [1.165, 1.54) is 23.5 Å². The van der Waals surface area contributed by atoms with Gasteiger partial charge < -0.3 is 20.9 Å².